The summed E-state index contributed by atoms with van der Waals surface area (Å²) >= 11 is 0. The van der Waals surface area contributed by atoms with Crippen molar-refractivity contribution in [2.45, 2.75) is 65.2 Å². The van der Waals surface area contributed by atoms with Gasteiger partial charge in [0.25, 0.3) is 0 Å². The first-order valence-electron chi connectivity index (χ1n) is 9.91. The molecule has 0 aromatic heterocycles. The number of hydrogen-bond donors (Lipinski definition) is 0. The average Bonchev–Trinajstić information content (AvgIpc) is 2.92. The molecular formula is C22H30O3. The van der Waals surface area contributed by atoms with E-state index in [-0.39, 0.29) is 16.8 Å². The van der Waals surface area contributed by atoms with Crippen molar-refractivity contribution >= 4 is 11.8 Å². The second kappa shape index (κ2) is 5.82. The molecule has 0 radical (unpaired) electrons. The lowest BCUT2D eigenvalue weighted by atomic mass is 9.47. The zero-order valence-electron chi connectivity index (χ0n) is 15.8. The molecule has 0 unspecified atom stereocenters. The summed E-state index contributed by atoms with van der Waals surface area (Å²) in [5.41, 5.74) is 3.13. The fraction of sp³-hybridized carbons (Fsp3) is 0.727. The van der Waals surface area contributed by atoms with Crippen LogP contribution in [0.1, 0.15) is 65.2 Å². The number of carbonyl (C=O) groups is 2. The minimum atomic E-state index is -0.203. The number of hydrogen-bond acceptors (Lipinski definition) is 3. The molecule has 3 fully saturated rings. The van der Waals surface area contributed by atoms with Gasteiger partial charge in [-0.3, -0.25) is 4.79 Å². The molecule has 0 heterocycles. The summed E-state index contributed by atoms with van der Waals surface area (Å²) in [5, 5.41) is 0. The minimum absolute atomic E-state index is 0.164. The van der Waals surface area contributed by atoms with Gasteiger partial charge in [0.2, 0.25) is 0 Å². The lowest BCUT2D eigenvalue weighted by Gasteiger charge is -2.57. The number of esters is 1. The van der Waals surface area contributed by atoms with Gasteiger partial charge >= 0.3 is 5.97 Å². The van der Waals surface area contributed by atoms with Crippen LogP contribution in [-0.2, 0) is 14.3 Å². The van der Waals surface area contributed by atoms with Gasteiger partial charge in [-0.2, -0.15) is 0 Å². The summed E-state index contributed by atoms with van der Waals surface area (Å²) < 4.78 is 4.89. The summed E-state index contributed by atoms with van der Waals surface area (Å²) in [7, 11) is 1.46. The predicted molar refractivity (Wildman–Crippen MR) is 96.8 cm³/mol. The molecule has 0 N–H and O–H groups in total. The van der Waals surface area contributed by atoms with Crippen LogP contribution in [0.5, 0.6) is 0 Å². The Morgan fingerprint density at radius 1 is 1.08 bits per heavy atom. The van der Waals surface area contributed by atoms with Crippen LogP contribution in [-0.4, -0.2) is 18.9 Å². The zero-order chi connectivity index (χ0) is 17.8. The molecule has 4 rings (SSSR count). The second-order valence-corrected chi connectivity index (χ2v) is 9.16. The standard InChI is InChI=1S/C22H30O3/c1-21-10-8-16(23)12-14(21)4-6-17-18-7-5-15(13-20(24)25-3)22(18,2)11-9-19(17)21/h12-13,17-19H,4-11H2,1-3H3/b15-13-/t17-,18-,19-,21-,22+/m0/s1. The Balaban J connectivity index is 1.65. The van der Waals surface area contributed by atoms with Gasteiger partial charge in [0.05, 0.1) is 7.11 Å². The summed E-state index contributed by atoms with van der Waals surface area (Å²) in [6.45, 7) is 4.80. The van der Waals surface area contributed by atoms with Gasteiger partial charge in [0.15, 0.2) is 5.78 Å². The van der Waals surface area contributed by atoms with E-state index in [0.29, 0.717) is 17.6 Å². The van der Waals surface area contributed by atoms with Gasteiger partial charge in [-0.25, -0.2) is 4.79 Å². The first-order chi connectivity index (χ1) is 11.9. The van der Waals surface area contributed by atoms with Crippen LogP contribution in [0.4, 0.5) is 0 Å². The SMILES string of the molecule is COC(=O)/C=C1/CC[C@H]2[C@@H]3CCC4=CC(=O)CC[C@]4(C)[C@H]3CC[C@]12C. The van der Waals surface area contributed by atoms with Crippen molar-refractivity contribution in [1.82, 2.24) is 0 Å². The summed E-state index contributed by atoms with van der Waals surface area (Å²) in [6, 6.07) is 0. The summed E-state index contributed by atoms with van der Waals surface area (Å²) in [4.78, 5) is 23.7. The van der Waals surface area contributed by atoms with E-state index >= 15 is 0 Å². The molecule has 3 nitrogen and oxygen atoms in total. The number of fused-ring (bicyclic) bond motifs is 5. The van der Waals surface area contributed by atoms with Gasteiger partial charge < -0.3 is 4.74 Å². The van der Waals surface area contributed by atoms with Gasteiger partial charge in [-0.05, 0) is 79.6 Å². The molecule has 25 heavy (non-hydrogen) atoms. The lowest BCUT2D eigenvalue weighted by Crippen LogP contribution is -2.49. The Labute approximate surface area is 150 Å². The highest BCUT2D eigenvalue weighted by atomic mass is 16.5. The normalized spacial score (nSPS) is 44.6. The van der Waals surface area contributed by atoms with Crippen LogP contribution in [0.25, 0.3) is 0 Å². The molecule has 3 heteroatoms. The molecule has 0 aromatic rings. The van der Waals surface area contributed by atoms with Crippen molar-refractivity contribution < 1.29 is 14.3 Å². The molecule has 136 valence electrons. The van der Waals surface area contributed by atoms with Crippen LogP contribution in [0.15, 0.2) is 23.3 Å². The molecule has 0 aromatic carbocycles. The van der Waals surface area contributed by atoms with Gasteiger partial charge in [-0.15, -0.1) is 0 Å². The number of ketones is 1. The molecule has 0 aliphatic heterocycles. The molecule has 0 amide bonds. The molecule has 0 bridgehead atoms. The smallest absolute Gasteiger partial charge is 0.330 e. The first-order valence-corrected chi connectivity index (χ1v) is 9.91. The van der Waals surface area contributed by atoms with E-state index in [1.165, 1.54) is 43.9 Å². The number of carbonyl (C=O) groups excluding carboxylic acids is 2. The number of methoxy groups -OCH3 is 1. The third kappa shape index (κ3) is 2.45. The third-order valence-corrected chi connectivity index (χ3v) is 8.30. The number of allylic oxidation sites excluding steroid dienone is 2. The van der Waals surface area contributed by atoms with Crippen LogP contribution < -0.4 is 0 Å². The molecule has 4 aliphatic carbocycles. The van der Waals surface area contributed by atoms with E-state index in [9.17, 15) is 9.59 Å². The van der Waals surface area contributed by atoms with Crippen LogP contribution in [0.3, 0.4) is 0 Å². The van der Waals surface area contributed by atoms with Crippen molar-refractivity contribution in [3.8, 4) is 0 Å². The molecule has 0 spiro atoms. The van der Waals surface area contributed by atoms with Crippen molar-refractivity contribution in [2.24, 2.45) is 28.6 Å². The van der Waals surface area contributed by atoms with Crippen molar-refractivity contribution in [1.29, 1.82) is 0 Å². The maximum absolute atomic E-state index is 11.9. The predicted octanol–water partition coefficient (Wildman–Crippen LogP) is 4.62. The van der Waals surface area contributed by atoms with Crippen LogP contribution in [0.2, 0.25) is 0 Å². The number of rotatable bonds is 1. The molecule has 0 saturated heterocycles. The monoisotopic (exact) mass is 342 g/mol. The molecule has 3 saturated carbocycles. The van der Waals surface area contributed by atoms with E-state index in [0.717, 1.165) is 31.6 Å². The van der Waals surface area contributed by atoms with E-state index in [1.54, 1.807) is 6.08 Å². The highest BCUT2D eigenvalue weighted by Crippen LogP contribution is 2.66. The Kier molecular flexibility index (Phi) is 3.97. The van der Waals surface area contributed by atoms with Crippen molar-refractivity contribution in [2.75, 3.05) is 7.11 Å². The quantitative estimate of drug-likeness (QED) is 0.516. The maximum Gasteiger partial charge on any atom is 0.330 e. The zero-order valence-corrected chi connectivity index (χ0v) is 15.8. The maximum atomic E-state index is 11.9. The van der Waals surface area contributed by atoms with Gasteiger partial charge in [0.1, 0.15) is 0 Å². The van der Waals surface area contributed by atoms with Crippen molar-refractivity contribution in [3.63, 3.8) is 0 Å². The van der Waals surface area contributed by atoms with E-state index in [1.807, 2.05) is 6.08 Å². The largest absolute Gasteiger partial charge is 0.466 e. The Bertz CT molecular complexity index is 673. The van der Waals surface area contributed by atoms with E-state index < -0.39 is 0 Å². The lowest BCUT2D eigenvalue weighted by molar-refractivity contribution is -0.135. The molecular weight excluding hydrogens is 312 g/mol. The van der Waals surface area contributed by atoms with Crippen molar-refractivity contribution in [3.05, 3.63) is 23.3 Å². The Morgan fingerprint density at radius 2 is 1.84 bits per heavy atom. The fourth-order valence-corrected chi connectivity index (χ4v) is 6.85. The Hall–Kier alpha value is -1.38. The molecule has 4 aliphatic rings. The van der Waals surface area contributed by atoms with Crippen LogP contribution >= 0.6 is 0 Å². The number of ether oxygens (including phenoxy) is 1. The summed E-state index contributed by atoms with van der Waals surface area (Å²) in [6.07, 6.45) is 12.4. The van der Waals surface area contributed by atoms with E-state index in [4.69, 9.17) is 4.74 Å². The average molecular weight is 342 g/mol. The van der Waals surface area contributed by atoms with E-state index in [2.05, 4.69) is 13.8 Å². The first kappa shape index (κ1) is 17.1. The third-order valence-electron chi connectivity index (χ3n) is 8.30. The molecule has 5 atom stereocenters. The van der Waals surface area contributed by atoms with Crippen LogP contribution in [0, 0.1) is 28.6 Å². The Morgan fingerprint density at radius 3 is 2.60 bits per heavy atom. The second-order valence-electron chi connectivity index (χ2n) is 9.16. The highest BCUT2D eigenvalue weighted by molar-refractivity contribution is 5.91. The minimum Gasteiger partial charge on any atom is -0.466 e. The topological polar surface area (TPSA) is 43.4 Å². The van der Waals surface area contributed by atoms with Gasteiger partial charge in [0, 0.05) is 12.5 Å². The summed E-state index contributed by atoms with van der Waals surface area (Å²) in [5.74, 6) is 2.24. The fourth-order valence-electron chi connectivity index (χ4n) is 6.85. The highest BCUT2D eigenvalue weighted by Gasteiger charge is 2.57. The van der Waals surface area contributed by atoms with Gasteiger partial charge in [-0.1, -0.05) is 25.0 Å².